The van der Waals surface area contributed by atoms with E-state index in [9.17, 15) is 4.79 Å². The first-order chi connectivity index (χ1) is 11.3. The third kappa shape index (κ3) is 3.37. The second-order valence-corrected chi connectivity index (χ2v) is 5.43. The highest BCUT2D eigenvalue weighted by Crippen LogP contribution is 2.31. The predicted molar refractivity (Wildman–Crippen MR) is 90.4 cm³/mol. The summed E-state index contributed by atoms with van der Waals surface area (Å²) in [4.78, 5) is 12.6. The van der Waals surface area contributed by atoms with Gasteiger partial charge in [0.15, 0.2) is 12.0 Å². The third-order valence-corrected chi connectivity index (χ3v) is 3.92. The average Bonchev–Trinajstić information content (AvgIpc) is 2.64. The van der Waals surface area contributed by atoms with Gasteiger partial charge in [-0.2, -0.15) is 0 Å². The number of hydrogen-bond donors (Lipinski definition) is 0. The number of hydrogen-bond acceptors (Lipinski definition) is 1. The number of ketones is 1. The Morgan fingerprint density at radius 2 is 1.04 bits per heavy atom. The second kappa shape index (κ2) is 7.01. The van der Waals surface area contributed by atoms with Crippen molar-refractivity contribution in [2.45, 2.75) is 12.1 Å². The van der Waals surface area contributed by atoms with Gasteiger partial charge >= 0.3 is 0 Å². The molecule has 2 heteroatoms. The molecule has 0 fully saturated rings. The lowest BCUT2D eigenvalue weighted by Gasteiger charge is -2.21. The highest BCUT2D eigenvalue weighted by molar-refractivity contribution is 6.00. The van der Waals surface area contributed by atoms with Gasteiger partial charge in [0.2, 0.25) is 0 Å². The van der Waals surface area contributed by atoms with Crippen LogP contribution < -0.4 is 0 Å². The van der Waals surface area contributed by atoms with Crippen LogP contribution in [0.4, 0.5) is 4.39 Å². The van der Waals surface area contributed by atoms with Crippen LogP contribution in [0.3, 0.4) is 0 Å². The Balaban J connectivity index is 2.00. The zero-order valence-electron chi connectivity index (χ0n) is 12.6. The number of benzene rings is 3. The van der Waals surface area contributed by atoms with E-state index in [0.717, 1.165) is 11.1 Å². The molecule has 0 aliphatic heterocycles. The Labute approximate surface area is 135 Å². The maximum Gasteiger partial charge on any atom is 0.197 e. The fourth-order valence-electron chi connectivity index (χ4n) is 2.76. The highest BCUT2D eigenvalue weighted by atomic mass is 19.1. The van der Waals surface area contributed by atoms with Crippen LogP contribution in [0.1, 0.15) is 27.4 Å². The number of rotatable bonds is 5. The third-order valence-electron chi connectivity index (χ3n) is 3.92. The SMILES string of the molecule is O=C(c1ccccc1)[C@H](F)C(c1ccccc1)c1ccccc1. The molecule has 0 unspecified atom stereocenters. The topological polar surface area (TPSA) is 17.1 Å². The summed E-state index contributed by atoms with van der Waals surface area (Å²) in [5.41, 5.74) is 2.00. The molecule has 3 rings (SSSR count). The lowest BCUT2D eigenvalue weighted by atomic mass is 9.84. The zero-order chi connectivity index (χ0) is 16.1. The van der Waals surface area contributed by atoms with E-state index in [1.165, 1.54) is 0 Å². The summed E-state index contributed by atoms with van der Waals surface area (Å²) in [6.45, 7) is 0. The fourth-order valence-corrected chi connectivity index (χ4v) is 2.76. The molecule has 0 saturated heterocycles. The minimum Gasteiger partial charge on any atom is -0.291 e. The summed E-state index contributed by atoms with van der Waals surface area (Å²) in [7, 11) is 0. The van der Waals surface area contributed by atoms with E-state index in [0.29, 0.717) is 5.56 Å². The van der Waals surface area contributed by atoms with Gasteiger partial charge in [-0.3, -0.25) is 4.79 Å². The molecule has 0 aliphatic carbocycles. The minimum absolute atomic E-state index is 0.400. The Hall–Kier alpha value is -2.74. The Bertz CT molecular complexity index is 714. The van der Waals surface area contributed by atoms with Crippen molar-refractivity contribution in [2.75, 3.05) is 0 Å². The molecule has 0 radical (unpaired) electrons. The summed E-state index contributed by atoms with van der Waals surface area (Å²) in [5, 5.41) is 0. The first kappa shape index (κ1) is 15.2. The molecule has 0 heterocycles. The van der Waals surface area contributed by atoms with Gasteiger partial charge in [-0.25, -0.2) is 4.39 Å². The predicted octanol–water partition coefficient (Wildman–Crippen LogP) is 5.04. The van der Waals surface area contributed by atoms with Gasteiger partial charge in [-0.1, -0.05) is 91.0 Å². The first-order valence-electron chi connectivity index (χ1n) is 7.60. The van der Waals surface area contributed by atoms with Crippen LogP contribution in [0, 0.1) is 0 Å². The van der Waals surface area contributed by atoms with E-state index < -0.39 is 17.9 Å². The van der Waals surface area contributed by atoms with Gasteiger partial charge in [-0.05, 0) is 11.1 Å². The monoisotopic (exact) mass is 304 g/mol. The fraction of sp³-hybridized carbons (Fsp3) is 0.0952. The van der Waals surface area contributed by atoms with Crippen molar-refractivity contribution in [1.29, 1.82) is 0 Å². The Kier molecular flexibility index (Phi) is 4.62. The maximum atomic E-state index is 15.2. The highest BCUT2D eigenvalue weighted by Gasteiger charge is 2.31. The molecule has 1 nitrogen and oxygen atoms in total. The molecule has 23 heavy (non-hydrogen) atoms. The van der Waals surface area contributed by atoms with E-state index in [1.807, 2.05) is 66.7 Å². The molecule has 0 amide bonds. The molecule has 114 valence electrons. The molecule has 3 aromatic rings. The smallest absolute Gasteiger partial charge is 0.197 e. The molecular weight excluding hydrogens is 287 g/mol. The van der Waals surface area contributed by atoms with E-state index in [1.54, 1.807) is 24.3 Å². The van der Waals surface area contributed by atoms with Crippen molar-refractivity contribution in [2.24, 2.45) is 0 Å². The Morgan fingerprint density at radius 3 is 1.48 bits per heavy atom. The van der Waals surface area contributed by atoms with Gasteiger partial charge in [0, 0.05) is 11.5 Å². The maximum absolute atomic E-state index is 15.2. The number of carbonyl (C=O) groups excluding carboxylic acids is 1. The van der Waals surface area contributed by atoms with Crippen molar-refractivity contribution in [3.05, 3.63) is 108 Å². The van der Waals surface area contributed by atoms with Crippen LogP contribution in [-0.2, 0) is 0 Å². The van der Waals surface area contributed by atoms with Gasteiger partial charge in [0.1, 0.15) is 0 Å². The van der Waals surface area contributed by atoms with Crippen LogP contribution in [-0.4, -0.2) is 12.0 Å². The lowest BCUT2D eigenvalue weighted by molar-refractivity contribution is 0.0861. The molecule has 3 aromatic carbocycles. The zero-order valence-corrected chi connectivity index (χ0v) is 12.6. The number of halogens is 1. The summed E-state index contributed by atoms with van der Waals surface area (Å²) in [6, 6.07) is 27.3. The summed E-state index contributed by atoms with van der Waals surface area (Å²) >= 11 is 0. The summed E-state index contributed by atoms with van der Waals surface area (Å²) < 4.78 is 15.2. The molecule has 0 aromatic heterocycles. The first-order valence-corrected chi connectivity index (χ1v) is 7.60. The summed E-state index contributed by atoms with van der Waals surface area (Å²) in [5.74, 6) is -1.09. The average molecular weight is 304 g/mol. The molecule has 0 saturated carbocycles. The van der Waals surface area contributed by atoms with Crippen LogP contribution in [0.15, 0.2) is 91.0 Å². The minimum atomic E-state index is -1.62. The van der Waals surface area contributed by atoms with Crippen molar-refractivity contribution in [3.63, 3.8) is 0 Å². The van der Waals surface area contributed by atoms with Crippen molar-refractivity contribution < 1.29 is 9.18 Å². The number of carbonyl (C=O) groups is 1. The molecule has 0 N–H and O–H groups in total. The van der Waals surface area contributed by atoms with Crippen LogP contribution in [0.25, 0.3) is 0 Å². The van der Waals surface area contributed by atoms with Gasteiger partial charge in [0.05, 0.1) is 0 Å². The number of Topliss-reactive ketones (excluding diaryl/α,β-unsaturated/α-hetero) is 1. The second-order valence-electron chi connectivity index (χ2n) is 5.43. The number of alkyl halides is 1. The van der Waals surface area contributed by atoms with Gasteiger partial charge in [0.25, 0.3) is 0 Å². The van der Waals surface area contributed by atoms with E-state index >= 15 is 4.39 Å². The van der Waals surface area contributed by atoms with Crippen molar-refractivity contribution in [3.8, 4) is 0 Å². The lowest BCUT2D eigenvalue weighted by Crippen LogP contribution is -2.25. The van der Waals surface area contributed by atoms with Gasteiger partial charge in [-0.15, -0.1) is 0 Å². The summed E-state index contributed by atoms with van der Waals surface area (Å²) in [6.07, 6.45) is -1.62. The van der Waals surface area contributed by atoms with Gasteiger partial charge < -0.3 is 0 Å². The molecule has 0 bridgehead atoms. The van der Waals surface area contributed by atoms with Crippen molar-refractivity contribution in [1.82, 2.24) is 0 Å². The van der Waals surface area contributed by atoms with Crippen LogP contribution in [0.5, 0.6) is 0 Å². The van der Waals surface area contributed by atoms with E-state index in [-0.39, 0.29) is 0 Å². The molecular formula is C21H17FO. The Morgan fingerprint density at radius 1 is 0.652 bits per heavy atom. The van der Waals surface area contributed by atoms with Crippen LogP contribution >= 0.6 is 0 Å². The quantitative estimate of drug-likeness (QED) is 0.604. The van der Waals surface area contributed by atoms with E-state index in [2.05, 4.69) is 0 Å². The van der Waals surface area contributed by atoms with E-state index in [4.69, 9.17) is 0 Å². The largest absolute Gasteiger partial charge is 0.291 e. The molecule has 1 atom stereocenters. The van der Waals surface area contributed by atoms with Crippen molar-refractivity contribution >= 4 is 5.78 Å². The normalized spacial score (nSPS) is 12.1. The molecule has 0 aliphatic rings. The molecule has 0 spiro atoms. The van der Waals surface area contributed by atoms with Crippen LogP contribution in [0.2, 0.25) is 0 Å². The standard InChI is InChI=1S/C21H17FO/c22-20(21(23)18-14-8-3-9-15-18)19(16-10-4-1-5-11-16)17-12-6-2-7-13-17/h1-15,19-20H/t20-/m1/s1.